The summed E-state index contributed by atoms with van der Waals surface area (Å²) in [7, 11) is 0. The van der Waals surface area contributed by atoms with E-state index in [1.165, 1.54) is 0 Å². The number of nitrogens with zero attached hydrogens (tertiary/aromatic N) is 2. The highest BCUT2D eigenvalue weighted by Crippen LogP contribution is 2.26. The molecule has 1 aromatic rings. The maximum atomic E-state index is 11.3. The van der Waals surface area contributed by atoms with Crippen molar-refractivity contribution in [2.24, 2.45) is 5.10 Å². The quantitative estimate of drug-likeness (QED) is 0.344. The lowest BCUT2D eigenvalue weighted by molar-refractivity contribution is -0.146. The summed E-state index contributed by atoms with van der Waals surface area (Å²) < 4.78 is 5.77. The fraction of sp³-hybridized carbons (Fsp3) is 0.417. The fourth-order valence-electron chi connectivity index (χ4n) is 1.49. The van der Waals surface area contributed by atoms with Crippen LogP contribution in [0.4, 0.5) is 0 Å². The second-order valence-electron chi connectivity index (χ2n) is 3.71. The van der Waals surface area contributed by atoms with Crippen LogP contribution in [0.15, 0.2) is 15.0 Å². The van der Waals surface area contributed by atoms with Crippen molar-refractivity contribution in [3.05, 3.63) is 20.3 Å². The number of hydrogen-bond donors (Lipinski definition) is 0. The van der Waals surface area contributed by atoms with Gasteiger partial charge < -0.3 is 4.74 Å². The number of esters is 1. The van der Waals surface area contributed by atoms with Crippen molar-refractivity contribution in [2.45, 2.75) is 20.8 Å². The minimum Gasteiger partial charge on any atom is -0.465 e. The molecule has 0 spiro atoms. The summed E-state index contributed by atoms with van der Waals surface area (Å²) in [4.78, 5) is 23.3. The number of rotatable bonds is 6. The monoisotopic (exact) mass is 346 g/mol. The van der Waals surface area contributed by atoms with E-state index in [1.54, 1.807) is 25.2 Å². The minimum absolute atomic E-state index is 0.182. The Morgan fingerprint density at radius 3 is 2.79 bits per heavy atom. The maximum Gasteiger partial charge on any atom is 0.327 e. The molecule has 0 aliphatic heterocycles. The van der Waals surface area contributed by atoms with Gasteiger partial charge in [0, 0.05) is 10.4 Å². The molecular formula is C12H15BrN2O3S. The van der Waals surface area contributed by atoms with Crippen LogP contribution in [0.3, 0.4) is 0 Å². The molecule has 1 aromatic heterocycles. The first kappa shape index (κ1) is 15.8. The van der Waals surface area contributed by atoms with E-state index in [0.29, 0.717) is 12.1 Å². The van der Waals surface area contributed by atoms with Crippen molar-refractivity contribution in [1.82, 2.24) is 5.01 Å². The molecule has 0 radical (unpaired) electrons. The Hall–Kier alpha value is -1.21. The summed E-state index contributed by atoms with van der Waals surface area (Å²) in [6.07, 6.45) is 0.511. The largest absolute Gasteiger partial charge is 0.465 e. The first-order chi connectivity index (χ1) is 8.97. The van der Waals surface area contributed by atoms with Gasteiger partial charge in [0.15, 0.2) is 0 Å². The van der Waals surface area contributed by atoms with Crippen molar-refractivity contribution in [2.75, 3.05) is 13.2 Å². The van der Waals surface area contributed by atoms with E-state index in [-0.39, 0.29) is 13.2 Å². The molecule has 19 heavy (non-hydrogen) atoms. The molecule has 5 nitrogen and oxygen atoms in total. The van der Waals surface area contributed by atoms with E-state index in [4.69, 9.17) is 4.74 Å². The smallest absolute Gasteiger partial charge is 0.327 e. The summed E-state index contributed by atoms with van der Waals surface area (Å²) in [6.45, 7) is 5.58. The Morgan fingerprint density at radius 2 is 2.32 bits per heavy atom. The predicted octanol–water partition coefficient (Wildman–Crippen LogP) is 2.56. The van der Waals surface area contributed by atoms with E-state index >= 15 is 0 Å². The Morgan fingerprint density at radius 1 is 1.63 bits per heavy atom. The van der Waals surface area contributed by atoms with Gasteiger partial charge in [-0.3, -0.25) is 9.59 Å². The molecule has 1 heterocycles. The summed E-state index contributed by atoms with van der Waals surface area (Å²) >= 11 is 4.99. The van der Waals surface area contributed by atoms with Gasteiger partial charge in [0.05, 0.1) is 16.1 Å². The van der Waals surface area contributed by atoms with Crippen molar-refractivity contribution in [3.8, 4) is 0 Å². The second-order valence-corrected chi connectivity index (χ2v) is 6.35. The number of amides is 1. The SMILES string of the molecule is CCOC(=O)CN(C=O)/N=C(/C)c1cc(Br)sc1C. The Balaban J connectivity index is 2.83. The highest BCUT2D eigenvalue weighted by molar-refractivity contribution is 9.11. The van der Waals surface area contributed by atoms with Gasteiger partial charge in [-0.05, 0) is 42.8 Å². The number of halogens is 1. The van der Waals surface area contributed by atoms with Gasteiger partial charge in [0.2, 0.25) is 6.41 Å². The van der Waals surface area contributed by atoms with Crippen LogP contribution >= 0.6 is 27.3 Å². The van der Waals surface area contributed by atoms with Crippen LogP contribution in [0, 0.1) is 6.92 Å². The predicted molar refractivity (Wildman–Crippen MR) is 78.4 cm³/mol. The molecule has 0 aliphatic carbocycles. The van der Waals surface area contributed by atoms with Gasteiger partial charge in [0.25, 0.3) is 0 Å². The molecule has 0 fully saturated rings. The lowest BCUT2D eigenvalue weighted by Crippen LogP contribution is -2.26. The van der Waals surface area contributed by atoms with Crippen LogP contribution in [-0.4, -0.2) is 36.3 Å². The molecule has 0 bridgehead atoms. The number of carbonyl (C=O) groups is 2. The fourth-order valence-corrected chi connectivity index (χ4v) is 3.23. The molecule has 7 heteroatoms. The summed E-state index contributed by atoms with van der Waals surface area (Å²) in [5, 5.41) is 5.17. The Kier molecular flexibility index (Phi) is 6.17. The highest BCUT2D eigenvalue weighted by Gasteiger charge is 2.11. The standard InChI is InChI=1S/C12H15BrN2O3S/c1-4-18-12(17)6-15(7-16)14-8(2)10-5-11(13)19-9(10)3/h5,7H,4,6H2,1-3H3/b14-8-. The van der Waals surface area contributed by atoms with Crippen LogP contribution in [0.1, 0.15) is 24.3 Å². The molecule has 1 rings (SSSR count). The molecule has 0 saturated carbocycles. The van der Waals surface area contributed by atoms with E-state index in [2.05, 4.69) is 21.0 Å². The first-order valence-electron chi connectivity index (χ1n) is 5.67. The molecular weight excluding hydrogens is 332 g/mol. The van der Waals surface area contributed by atoms with Crippen LogP contribution in [0.2, 0.25) is 0 Å². The number of thiophene rings is 1. The molecule has 0 atom stereocenters. The number of carbonyl (C=O) groups excluding carboxylic acids is 2. The molecule has 0 N–H and O–H groups in total. The van der Waals surface area contributed by atoms with Crippen molar-refractivity contribution in [3.63, 3.8) is 0 Å². The van der Waals surface area contributed by atoms with Gasteiger partial charge in [-0.1, -0.05) is 0 Å². The number of hydrazone groups is 1. The molecule has 0 aromatic carbocycles. The topological polar surface area (TPSA) is 59.0 Å². The minimum atomic E-state index is -0.477. The number of hydrogen-bond acceptors (Lipinski definition) is 5. The van der Waals surface area contributed by atoms with E-state index in [0.717, 1.165) is 19.2 Å². The second kappa shape index (κ2) is 7.40. The lowest BCUT2D eigenvalue weighted by atomic mass is 10.2. The van der Waals surface area contributed by atoms with Crippen LogP contribution in [0.5, 0.6) is 0 Å². The number of ether oxygens (including phenoxy) is 1. The zero-order valence-electron chi connectivity index (χ0n) is 11.0. The molecule has 0 saturated heterocycles. The molecule has 0 unspecified atom stereocenters. The highest BCUT2D eigenvalue weighted by atomic mass is 79.9. The maximum absolute atomic E-state index is 11.3. The van der Waals surface area contributed by atoms with E-state index in [1.807, 2.05) is 13.0 Å². The zero-order chi connectivity index (χ0) is 14.4. The van der Waals surface area contributed by atoms with Crippen molar-refractivity contribution < 1.29 is 14.3 Å². The van der Waals surface area contributed by atoms with E-state index in [9.17, 15) is 9.59 Å². The average molecular weight is 347 g/mol. The van der Waals surface area contributed by atoms with Gasteiger partial charge in [-0.25, -0.2) is 5.01 Å². The Labute approximate surface area is 124 Å². The third-order valence-electron chi connectivity index (χ3n) is 2.27. The summed E-state index contributed by atoms with van der Waals surface area (Å²) in [6, 6.07) is 1.94. The normalized spacial score (nSPS) is 11.3. The van der Waals surface area contributed by atoms with Crippen LogP contribution < -0.4 is 0 Å². The van der Waals surface area contributed by atoms with E-state index < -0.39 is 5.97 Å². The van der Waals surface area contributed by atoms with Gasteiger partial charge >= 0.3 is 5.97 Å². The number of aryl methyl sites for hydroxylation is 1. The third-order valence-corrected chi connectivity index (χ3v) is 3.83. The molecule has 1 amide bonds. The zero-order valence-corrected chi connectivity index (χ0v) is 13.4. The first-order valence-corrected chi connectivity index (χ1v) is 7.28. The summed E-state index contributed by atoms with van der Waals surface area (Å²) in [5.41, 5.74) is 1.63. The lowest BCUT2D eigenvalue weighted by Gasteiger charge is -2.11. The van der Waals surface area contributed by atoms with Crippen LogP contribution in [-0.2, 0) is 14.3 Å². The van der Waals surface area contributed by atoms with Crippen molar-refractivity contribution in [1.29, 1.82) is 0 Å². The van der Waals surface area contributed by atoms with Gasteiger partial charge in [-0.2, -0.15) is 5.10 Å². The average Bonchev–Trinajstić information content (AvgIpc) is 2.67. The molecule has 0 aliphatic rings. The summed E-state index contributed by atoms with van der Waals surface area (Å²) in [5.74, 6) is -0.477. The van der Waals surface area contributed by atoms with Crippen molar-refractivity contribution >= 4 is 45.4 Å². The Bertz CT molecular complexity index is 499. The van der Waals surface area contributed by atoms with Gasteiger partial charge in [0.1, 0.15) is 6.54 Å². The molecule has 104 valence electrons. The van der Waals surface area contributed by atoms with Gasteiger partial charge in [-0.15, -0.1) is 11.3 Å². The third kappa shape index (κ3) is 4.76. The van der Waals surface area contributed by atoms with Crippen LogP contribution in [0.25, 0.3) is 0 Å².